The molecule has 0 atom stereocenters. The largest absolute Gasteiger partial charge is 0.387 e. The number of aromatic nitrogens is 2. The molecule has 0 fully saturated rings. The Labute approximate surface area is 131 Å². The molecular weight excluding hydrogens is 343 g/mol. The molecule has 2 rings (SSSR count). The average molecular weight is 353 g/mol. The summed E-state index contributed by atoms with van der Waals surface area (Å²) in [6, 6.07) is 2.87. The summed E-state index contributed by atoms with van der Waals surface area (Å²) in [5, 5.41) is 0.476. The highest BCUT2D eigenvalue weighted by Gasteiger charge is 2.26. The van der Waals surface area contributed by atoms with Crippen LogP contribution in [-0.2, 0) is 10.2 Å². The Balaban J connectivity index is 2.97. The van der Waals surface area contributed by atoms with E-state index in [0.29, 0.717) is 5.52 Å². The Bertz CT molecular complexity index is 814. The highest BCUT2D eigenvalue weighted by atomic mass is 35.5. The summed E-state index contributed by atoms with van der Waals surface area (Å²) < 4.78 is 26.7. The van der Waals surface area contributed by atoms with Crippen LogP contribution in [-0.4, -0.2) is 40.8 Å². The number of benzene rings is 1. The summed E-state index contributed by atoms with van der Waals surface area (Å²) in [4.78, 5) is 3.97. The Morgan fingerprint density at radius 2 is 1.90 bits per heavy atom. The number of thiocarbonyl (C=S) groups is 1. The van der Waals surface area contributed by atoms with Crippen LogP contribution in [0.2, 0.25) is 10.0 Å². The zero-order valence-corrected chi connectivity index (χ0v) is 13.6. The van der Waals surface area contributed by atoms with Gasteiger partial charge in [-0.3, -0.25) is 0 Å². The van der Waals surface area contributed by atoms with E-state index >= 15 is 0 Å². The summed E-state index contributed by atoms with van der Waals surface area (Å²) in [5.41, 5.74) is 6.15. The first-order chi connectivity index (χ1) is 9.16. The standard InChI is InChI=1S/C10H10Cl2N4O2S2/c1-15(2)20(17,18)16-8-4-6(12)5(11)3-7(8)14-10(16)9(13)19/h3-4H,1-2H3,(H2,13,19). The van der Waals surface area contributed by atoms with Crippen LogP contribution in [0.5, 0.6) is 0 Å². The van der Waals surface area contributed by atoms with Crippen LogP contribution in [0.15, 0.2) is 12.1 Å². The molecule has 20 heavy (non-hydrogen) atoms. The van der Waals surface area contributed by atoms with Crippen LogP contribution >= 0.6 is 35.4 Å². The van der Waals surface area contributed by atoms with Crippen molar-refractivity contribution in [1.29, 1.82) is 0 Å². The zero-order valence-electron chi connectivity index (χ0n) is 10.5. The van der Waals surface area contributed by atoms with Crippen molar-refractivity contribution in [2.24, 2.45) is 5.73 Å². The maximum atomic E-state index is 12.4. The summed E-state index contributed by atoms with van der Waals surface area (Å²) >= 11 is 16.7. The summed E-state index contributed by atoms with van der Waals surface area (Å²) in [7, 11) is -1.07. The minimum Gasteiger partial charge on any atom is -0.387 e. The monoisotopic (exact) mass is 352 g/mol. The molecule has 0 radical (unpaired) electrons. The van der Waals surface area contributed by atoms with Gasteiger partial charge in [-0.25, -0.2) is 8.96 Å². The molecule has 2 N–H and O–H groups in total. The molecule has 6 nitrogen and oxygen atoms in total. The fraction of sp³-hybridized carbons (Fsp3) is 0.200. The van der Waals surface area contributed by atoms with Gasteiger partial charge in [-0.2, -0.15) is 12.7 Å². The molecule has 2 aromatic rings. The Morgan fingerprint density at radius 3 is 2.40 bits per heavy atom. The molecule has 0 amide bonds. The molecule has 0 saturated heterocycles. The van der Waals surface area contributed by atoms with Gasteiger partial charge in [0.15, 0.2) is 5.82 Å². The van der Waals surface area contributed by atoms with Crippen LogP contribution in [0.25, 0.3) is 11.0 Å². The van der Waals surface area contributed by atoms with Crippen LogP contribution in [0, 0.1) is 0 Å². The van der Waals surface area contributed by atoms with E-state index in [4.69, 9.17) is 41.2 Å². The van der Waals surface area contributed by atoms with Crippen molar-refractivity contribution < 1.29 is 8.42 Å². The van der Waals surface area contributed by atoms with E-state index in [1.165, 1.54) is 26.2 Å². The summed E-state index contributed by atoms with van der Waals surface area (Å²) in [6.45, 7) is 0. The number of halogens is 2. The van der Waals surface area contributed by atoms with Crippen LogP contribution in [0.4, 0.5) is 0 Å². The second kappa shape index (κ2) is 5.12. The highest BCUT2D eigenvalue weighted by molar-refractivity contribution is 7.88. The van der Waals surface area contributed by atoms with Gasteiger partial charge in [-0.15, -0.1) is 0 Å². The van der Waals surface area contributed by atoms with Crippen LogP contribution < -0.4 is 5.73 Å². The zero-order chi connectivity index (χ0) is 15.2. The number of imidazole rings is 1. The van der Waals surface area contributed by atoms with Crippen molar-refractivity contribution >= 4 is 61.7 Å². The van der Waals surface area contributed by atoms with E-state index in [0.717, 1.165) is 8.28 Å². The topological polar surface area (TPSA) is 81.2 Å². The second-order valence-corrected chi connectivity index (χ2v) is 7.35. The Kier molecular flexibility index (Phi) is 3.96. The molecule has 0 saturated carbocycles. The summed E-state index contributed by atoms with van der Waals surface area (Å²) in [5.74, 6) is -0.0398. The number of hydrogen-bond donors (Lipinski definition) is 1. The van der Waals surface area contributed by atoms with Gasteiger partial charge < -0.3 is 5.73 Å². The fourth-order valence-electron chi connectivity index (χ4n) is 1.60. The van der Waals surface area contributed by atoms with E-state index in [2.05, 4.69) is 4.98 Å². The van der Waals surface area contributed by atoms with E-state index < -0.39 is 10.2 Å². The molecule has 0 aliphatic carbocycles. The Morgan fingerprint density at radius 1 is 1.35 bits per heavy atom. The molecule has 0 aliphatic rings. The van der Waals surface area contributed by atoms with Gasteiger partial charge in [0.25, 0.3) is 0 Å². The predicted molar refractivity (Wildman–Crippen MR) is 83.6 cm³/mol. The molecule has 108 valence electrons. The normalized spacial score (nSPS) is 12.2. The smallest absolute Gasteiger partial charge is 0.309 e. The van der Waals surface area contributed by atoms with Crippen molar-refractivity contribution in [1.82, 2.24) is 13.3 Å². The predicted octanol–water partition coefficient (Wildman–Crippen LogP) is 1.63. The van der Waals surface area contributed by atoms with Crippen molar-refractivity contribution in [2.45, 2.75) is 0 Å². The molecule has 0 aliphatic heterocycles. The molecule has 0 bridgehead atoms. The maximum Gasteiger partial charge on any atom is 0.309 e. The van der Waals surface area contributed by atoms with Gasteiger partial charge in [-0.05, 0) is 12.1 Å². The third-order valence-electron chi connectivity index (χ3n) is 2.57. The molecule has 1 heterocycles. The van der Waals surface area contributed by atoms with Crippen molar-refractivity contribution in [2.75, 3.05) is 14.1 Å². The molecule has 1 aromatic carbocycles. The van der Waals surface area contributed by atoms with E-state index in [1.54, 1.807) is 0 Å². The fourth-order valence-corrected chi connectivity index (χ4v) is 3.19. The third kappa shape index (κ3) is 2.38. The summed E-state index contributed by atoms with van der Waals surface area (Å²) in [6.07, 6.45) is 0. The average Bonchev–Trinajstić information content (AvgIpc) is 2.68. The second-order valence-electron chi connectivity index (χ2n) is 4.11. The quantitative estimate of drug-likeness (QED) is 0.849. The molecule has 1 aromatic heterocycles. The number of nitrogens with zero attached hydrogens (tertiary/aromatic N) is 3. The lowest BCUT2D eigenvalue weighted by atomic mass is 10.3. The maximum absolute atomic E-state index is 12.4. The first kappa shape index (κ1) is 15.5. The first-order valence-corrected chi connectivity index (χ1v) is 7.82. The minimum absolute atomic E-state index is 0.0398. The first-order valence-electron chi connectivity index (χ1n) is 5.26. The molecule has 10 heteroatoms. The van der Waals surface area contributed by atoms with Crippen molar-refractivity contribution in [3.8, 4) is 0 Å². The van der Waals surface area contributed by atoms with Gasteiger partial charge in [0.1, 0.15) is 4.99 Å². The third-order valence-corrected chi connectivity index (χ3v) is 5.23. The lowest BCUT2D eigenvalue weighted by molar-refractivity contribution is 0.512. The number of fused-ring (bicyclic) bond motifs is 1. The SMILES string of the molecule is CN(C)S(=O)(=O)n1c(C(N)=S)nc2cc(Cl)c(Cl)cc21. The minimum atomic E-state index is -3.85. The van der Waals surface area contributed by atoms with Gasteiger partial charge in [0, 0.05) is 14.1 Å². The lowest BCUT2D eigenvalue weighted by Gasteiger charge is -2.14. The van der Waals surface area contributed by atoms with E-state index in [9.17, 15) is 8.42 Å². The molecule has 0 unspecified atom stereocenters. The molecule has 0 spiro atoms. The highest BCUT2D eigenvalue weighted by Crippen LogP contribution is 2.29. The number of rotatable bonds is 3. The van der Waals surface area contributed by atoms with E-state index in [-0.39, 0.29) is 26.4 Å². The Hall–Kier alpha value is -0.930. The number of hydrogen-bond acceptors (Lipinski definition) is 4. The van der Waals surface area contributed by atoms with Crippen molar-refractivity contribution in [3.05, 3.63) is 28.0 Å². The van der Waals surface area contributed by atoms with Gasteiger partial charge in [0.05, 0.1) is 21.1 Å². The van der Waals surface area contributed by atoms with Crippen LogP contribution in [0.1, 0.15) is 5.82 Å². The van der Waals surface area contributed by atoms with E-state index in [1.807, 2.05) is 0 Å². The van der Waals surface area contributed by atoms with Gasteiger partial charge in [-0.1, -0.05) is 35.4 Å². The molecular formula is C10H10Cl2N4O2S2. The van der Waals surface area contributed by atoms with Crippen LogP contribution in [0.3, 0.4) is 0 Å². The van der Waals surface area contributed by atoms with Crippen molar-refractivity contribution in [3.63, 3.8) is 0 Å². The van der Waals surface area contributed by atoms with Gasteiger partial charge in [0.2, 0.25) is 0 Å². The lowest BCUT2D eigenvalue weighted by Crippen LogP contribution is -2.32. The van der Waals surface area contributed by atoms with Gasteiger partial charge >= 0.3 is 10.2 Å². The number of nitrogens with two attached hydrogens (primary N) is 1.